The first-order chi connectivity index (χ1) is 15.3. The minimum atomic E-state index is -0.847. The normalized spacial score (nSPS) is 15.8. The quantitative estimate of drug-likeness (QED) is 0.332. The molecule has 0 spiro atoms. The molecule has 0 saturated carbocycles. The monoisotopic (exact) mass is 469 g/mol. The van der Waals surface area contributed by atoms with Crippen LogP contribution in [-0.2, 0) is 9.53 Å². The predicted molar refractivity (Wildman–Crippen MR) is 120 cm³/mol. The number of aromatic nitrogens is 1. The van der Waals surface area contributed by atoms with E-state index in [0.717, 1.165) is 11.3 Å². The number of nitrogens with zero attached hydrogens (tertiary/aromatic N) is 3. The number of carbonyl (C=O) groups excluding carboxylic acids is 1. The minimum absolute atomic E-state index is 0.118. The topological polar surface area (TPSA) is 104 Å². The highest BCUT2D eigenvalue weighted by atomic mass is 35.5. The number of carbonyl (C=O) groups is 1. The van der Waals surface area contributed by atoms with Crippen LogP contribution in [0.5, 0.6) is 0 Å². The molecule has 1 aromatic heterocycles. The van der Waals surface area contributed by atoms with E-state index in [9.17, 15) is 19.7 Å². The van der Waals surface area contributed by atoms with Crippen molar-refractivity contribution in [1.82, 2.24) is 4.57 Å². The van der Waals surface area contributed by atoms with Crippen LogP contribution >= 0.6 is 22.9 Å². The van der Waals surface area contributed by atoms with Gasteiger partial charge in [-0.2, -0.15) is 0 Å². The Labute approximate surface area is 190 Å². The number of nitro benzene ring substituents is 1. The van der Waals surface area contributed by atoms with E-state index in [0.29, 0.717) is 26.6 Å². The van der Waals surface area contributed by atoms with Crippen LogP contribution in [-0.4, -0.2) is 22.6 Å². The summed E-state index contributed by atoms with van der Waals surface area (Å²) in [5.74, 6) is -0.621. The van der Waals surface area contributed by atoms with Crippen LogP contribution in [0.1, 0.15) is 24.1 Å². The second-order valence-electron chi connectivity index (χ2n) is 6.91. The fourth-order valence-corrected chi connectivity index (χ4v) is 4.88. The van der Waals surface area contributed by atoms with E-state index in [1.165, 1.54) is 23.8 Å². The fraction of sp³-hybridized carbons (Fsp3) is 0.136. The van der Waals surface area contributed by atoms with E-state index in [-0.39, 0.29) is 15.8 Å². The molecule has 0 unspecified atom stereocenters. The lowest BCUT2D eigenvalue weighted by Crippen LogP contribution is -2.39. The Bertz CT molecular complexity index is 1470. The van der Waals surface area contributed by atoms with Crippen LogP contribution < -0.4 is 14.9 Å². The molecule has 32 heavy (non-hydrogen) atoms. The van der Waals surface area contributed by atoms with Crippen LogP contribution in [0.4, 0.5) is 5.69 Å². The number of thiazole rings is 1. The number of esters is 1. The van der Waals surface area contributed by atoms with Crippen LogP contribution in [0.2, 0.25) is 5.02 Å². The second kappa shape index (κ2) is 8.52. The lowest BCUT2D eigenvalue weighted by Gasteiger charge is -2.25. The van der Waals surface area contributed by atoms with E-state index >= 15 is 0 Å². The highest BCUT2D eigenvalue weighted by molar-refractivity contribution is 7.07. The standard InChI is InChI=1S/C22H16ClN3O5S/c1-12-18(21(28)31-2)19(14-8-4-5-9-15(14)23)25-20(27)17(32-22(25)24-12)11-13-7-3-6-10-16(13)26(29)30/h3-11,19H,1-2H3/b17-11-/t19-/m1/s1. The summed E-state index contributed by atoms with van der Waals surface area (Å²) >= 11 is 7.51. The molecule has 0 N–H and O–H groups in total. The molecule has 0 fully saturated rings. The van der Waals surface area contributed by atoms with Gasteiger partial charge in [0.05, 0.1) is 33.4 Å². The molecule has 162 valence electrons. The van der Waals surface area contributed by atoms with Gasteiger partial charge in [0, 0.05) is 11.1 Å². The van der Waals surface area contributed by atoms with Gasteiger partial charge in [-0.25, -0.2) is 9.79 Å². The first-order valence-corrected chi connectivity index (χ1v) is 10.6. The lowest BCUT2D eigenvalue weighted by molar-refractivity contribution is -0.385. The van der Waals surface area contributed by atoms with E-state index in [1.54, 1.807) is 49.4 Å². The largest absolute Gasteiger partial charge is 0.466 e. The van der Waals surface area contributed by atoms with Gasteiger partial charge in [-0.15, -0.1) is 0 Å². The first-order valence-electron chi connectivity index (χ1n) is 9.42. The molecule has 2 heterocycles. The Morgan fingerprint density at radius 1 is 1.25 bits per heavy atom. The molecule has 1 aliphatic heterocycles. The fourth-order valence-electron chi connectivity index (χ4n) is 3.60. The van der Waals surface area contributed by atoms with Crippen molar-refractivity contribution in [2.45, 2.75) is 13.0 Å². The summed E-state index contributed by atoms with van der Waals surface area (Å²) in [5, 5.41) is 11.8. The first kappa shape index (κ1) is 21.7. The second-order valence-corrected chi connectivity index (χ2v) is 8.33. The van der Waals surface area contributed by atoms with Gasteiger partial charge in [0.1, 0.15) is 6.04 Å². The van der Waals surface area contributed by atoms with Gasteiger partial charge in [0.15, 0.2) is 4.80 Å². The maximum Gasteiger partial charge on any atom is 0.338 e. The number of ether oxygens (including phenoxy) is 1. The third-order valence-electron chi connectivity index (χ3n) is 5.05. The average molecular weight is 470 g/mol. The number of rotatable bonds is 4. The Hall–Kier alpha value is -3.56. The van der Waals surface area contributed by atoms with Crippen LogP contribution in [0, 0.1) is 10.1 Å². The number of benzene rings is 2. The molecule has 1 aliphatic rings. The Balaban J connectivity index is 2.02. The molecule has 4 rings (SSSR count). The third kappa shape index (κ3) is 3.65. The number of nitro groups is 1. The minimum Gasteiger partial charge on any atom is -0.466 e. The summed E-state index contributed by atoms with van der Waals surface area (Å²) in [7, 11) is 1.26. The van der Waals surface area contributed by atoms with Crippen molar-refractivity contribution in [3.05, 3.63) is 106 Å². The molecule has 0 bridgehead atoms. The summed E-state index contributed by atoms with van der Waals surface area (Å²) in [4.78, 5) is 41.8. The van der Waals surface area contributed by atoms with Gasteiger partial charge in [0.2, 0.25) is 0 Å². The highest BCUT2D eigenvalue weighted by Gasteiger charge is 2.34. The molecule has 10 heteroatoms. The zero-order valence-electron chi connectivity index (χ0n) is 16.9. The zero-order valence-corrected chi connectivity index (χ0v) is 18.5. The van der Waals surface area contributed by atoms with Crippen LogP contribution in [0.25, 0.3) is 6.08 Å². The summed E-state index contributed by atoms with van der Waals surface area (Å²) in [6.45, 7) is 1.66. The number of methoxy groups -OCH3 is 1. The maximum atomic E-state index is 13.5. The number of hydrogen-bond donors (Lipinski definition) is 0. The molecule has 1 atom stereocenters. The zero-order chi connectivity index (χ0) is 23.0. The molecule has 2 aromatic carbocycles. The highest BCUT2D eigenvalue weighted by Crippen LogP contribution is 2.34. The number of fused-ring (bicyclic) bond motifs is 1. The van der Waals surface area contributed by atoms with Crippen molar-refractivity contribution < 1.29 is 14.5 Å². The van der Waals surface area contributed by atoms with Crippen LogP contribution in [0.15, 0.2) is 69.6 Å². The number of para-hydroxylation sites is 1. The summed E-state index contributed by atoms with van der Waals surface area (Å²) in [6.07, 6.45) is 1.46. The molecular formula is C22H16ClN3O5S. The van der Waals surface area contributed by atoms with Gasteiger partial charge in [-0.05, 0) is 30.7 Å². The molecule has 8 nitrogen and oxygen atoms in total. The van der Waals surface area contributed by atoms with Crippen LogP contribution in [0.3, 0.4) is 0 Å². The molecule has 0 radical (unpaired) electrons. The van der Waals surface area contributed by atoms with Crippen molar-refractivity contribution in [3.8, 4) is 0 Å². The Kier molecular flexibility index (Phi) is 5.77. The Morgan fingerprint density at radius 3 is 2.62 bits per heavy atom. The molecular weight excluding hydrogens is 454 g/mol. The van der Waals surface area contributed by atoms with Crippen molar-refractivity contribution in [1.29, 1.82) is 0 Å². The van der Waals surface area contributed by atoms with E-state index < -0.39 is 22.5 Å². The summed E-state index contributed by atoms with van der Waals surface area (Å²) in [6, 6.07) is 12.2. The van der Waals surface area contributed by atoms with Gasteiger partial charge >= 0.3 is 5.97 Å². The van der Waals surface area contributed by atoms with E-state index in [1.807, 2.05) is 0 Å². The average Bonchev–Trinajstić information content (AvgIpc) is 3.07. The summed E-state index contributed by atoms with van der Waals surface area (Å²) < 4.78 is 6.58. The van der Waals surface area contributed by atoms with Gasteiger partial charge < -0.3 is 4.74 Å². The SMILES string of the molecule is COC(=O)C1=C(C)N=c2s/c(=C\c3ccccc3[N+](=O)[O-])c(=O)n2[C@@H]1c1ccccc1Cl. The van der Waals surface area contributed by atoms with Crippen molar-refractivity contribution in [2.75, 3.05) is 7.11 Å². The van der Waals surface area contributed by atoms with Crippen molar-refractivity contribution in [3.63, 3.8) is 0 Å². The Morgan fingerprint density at radius 2 is 1.94 bits per heavy atom. The molecule has 0 amide bonds. The third-order valence-corrected chi connectivity index (χ3v) is 6.37. The number of hydrogen-bond acceptors (Lipinski definition) is 7. The summed E-state index contributed by atoms with van der Waals surface area (Å²) in [5.41, 5.74) is 0.881. The number of allylic oxidation sites excluding steroid dienone is 1. The molecule has 0 saturated heterocycles. The predicted octanol–water partition coefficient (Wildman–Crippen LogP) is 2.97. The van der Waals surface area contributed by atoms with E-state index in [2.05, 4.69) is 4.99 Å². The number of halogens is 1. The van der Waals surface area contributed by atoms with Crippen molar-refractivity contribution >= 4 is 40.7 Å². The van der Waals surface area contributed by atoms with Crippen molar-refractivity contribution in [2.24, 2.45) is 4.99 Å². The lowest BCUT2D eigenvalue weighted by atomic mass is 9.96. The van der Waals surface area contributed by atoms with Gasteiger partial charge in [-0.1, -0.05) is 53.3 Å². The van der Waals surface area contributed by atoms with Gasteiger partial charge in [-0.3, -0.25) is 19.5 Å². The molecule has 0 aliphatic carbocycles. The maximum absolute atomic E-state index is 13.5. The smallest absolute Gasteiger partial charge is 0.338 e. The molecule has 3 aromatic rings. The van der Waals surface area contributed by atoms with E-state index in [4.69, 9.17) is 16.3 Å². The van der Waals surface area contributed by atoms with Gasteiger partial charge in [0.25, 0.3) is 11.2 Å².